The van der Waals surface area contributed by atoms with Crippen molar-refractivity contribution in [1.29, 1.82) is 0 Å². The second-order valence-electron chi connectivity index (χ2n) is 6.60. The van der Waals surface area contributed by atoms with Crippen molar-refractivity contribution in [3.8, 4) is 11.5 Å². The third kappa shape index (κ3) is 4.95. The lowest BCUT2D eigenvalue weighted by Crippen LogP contribution is -2.04. The molecule has 6 heteroatoms. The van der Waals surface area contributed by atoms with E-state index in [1.54, 1.807) is 26.4 Å². The SMILES string of the molecule is COc1ccc(CCc2cc(Br)c(C(O)c3ccc(F)cc3)cc2F)c(OC)c1. The number of aliphatic hydroxyl groups is 1. The maximum absolute atomic E-state index is 14.7. The van der Waals surface area contributed by atoms with Gasteiger partial charge in [-0.15, -0.1) is 0 Å². The highest BCUT2D eigenvalue weighted by atomic mass is 79.9. The maximum Gasteiger partial charge on any atom is 0.126 e. The smallest absolute Gasteiger partial charge is 0.126 e. The highest BCUT2D eigenvalue weighted by molar-refractivity contribution is 9.10. The molecule has 3 rings (SSSR count). The number of aliphatic hydroxyl groups excluding tert-OH is 1. The summed E-state index contributed by atoms with van der Waals surface area (Å²) >= 11 is 3.42. The van der Waals surface area contributed by atoms with Gasteiger partial charge in [-0.1, -0.05) is 34.1 Å². The topological polar surface area (TPSA) is 38.7 Å². The molecule has 152 valence electrons. The van der Waals surface area contributed by atoms with Gasteiger partial charge in [0.2, 0.25) is 0 Å². The molecule has 0 fully saturated rings. The van der Waals surface area contributed by atoms with Crippen LogP contribution in [0.25, 0.3) is 0 Å². The van der Waals surface area contributed by atoms with Crippen LogP contribution in [0.3, 0.4) is 0 Å². The van der Waals surface area contributed by atoms with Gasteiger partial charge >= 0.3 is 0 Å². The second kappa shape index (κ2) is 9.37. The number of rotatable bonds is 7. The fourth-order valence-electron chi connectivity index (χ4n) is 3.16. The molecule has 0 aliphatic rings. The lowest BCUT2D eigenvalue weighted by Gasteiger charge is -2.16. The summed E-state index contributed by atoms with van der Waals surface area (Å²) in [4.78, 5) is 0. The first-order valence-electron chi connectivity index (χ1n) is 9.05. The molecule has 1 unspecified atom stereocenters. The Hall–Kier alpha value is -2.44. The number of methoxy groups -OCH3 is 2. The van der Waals surface area contributed by atoms with Crippen LogP contribution >= 0.6 is 15.9 Å². The van der Waals surface area contributed by atoms with E-state index in [1.807, 2.05) is 12.1 Å². The summed E-state index contributed by atoms with van der Waals surface area (Å²) in [6, 6.07) is 14.0. The Morgan fingerprint density at radius 2 is 1.59 bits per heavy atom. The summed E-state index contributed by atoms with van der Waals surface area (Å²) in [5, 5.41) is 10.6. The summed E-state index contributed by atoms with van der Waals surface area (Å²) < 4.78 is 39.0. The second-order valence-corrected chi connectivity index (χ2v) is 7.45. The van der Waals surface area contributed by atoms with Crippen LogP contribution in [0, 0.1) is 11.6 Å². The molecule has 0 saturated heterocycles. The molecule has 3 nitrogen and oxygen atoms in total. The predicted molar refractivity (Wildman–Crippen MR) is 112 cm³/mol. The Labute approximate surface area is 177 Å². The van der Waals surface area contributed by atoms with E-state index in [0.717, 1.165) is 5.56 Å². The number of halogens is 3. The van der Waals surface area contributed by atoms with Crippen molar-refractivity contribution in [2.45, 2.75) is 18.9 Å². The van der Waals surface area contributed by atoms with Crippen LogP contribution in [0.4, 0.5) is 8.78 Å². The van der Waals surface area contributed by atoms with E-state index in [2.05, 4.69) is 15.9 Å². The standard InChI is InChI=1S/C23H21BrF2O3/c1-28-18-10-7-14(22(12-18)29-2)3-4-16-11-20(24)19(13-21(16)26)23(27)15-5-8-17(25)9-6-15/h5-13,23,27H,3-4H2,1-2H3. The Bertz CT molecular complexity index is 990. The molecule has 29 heavy (non-hydrogen) atoms. The van der Waals surface area contributed by atoms with E-state index in [-0.39, 0.29) is 0 Å². The van der Waals surface area contributed by atoms with Gasteiger partial charge in [-0.2, -0.15) is 0 Å². The molecule has 0 saturated carbocycles. The lowest BCUT2D eigenvalue weighted by molar-refractivity contribution is 0.219. The van der Waals surface area contributed by atoms with Crippen molar-refractivity contribution in [2.24, 2.45) is 0 Å². The van der Waals surface area contributed by atoms with Crippen molar-refractivity contribution < 1.29 is 23.4 Å². The Balaban J connectivity index is 1.80. The zero-order chi connectivity index (χ0) is 21.0. The quantitative estimate of drug-likeness (QED) is 0.495. The molecular formula is C23H21BrF2O3. The molecule has 1 N–H and O–H groups in total. The molecule has 0 aliphatic heterocycles. The average Bonchev–Trinajstić information content (AvgIpc) is 2.74. The minimum Gasteiger partial charge on any atom is -0.497 e. The van der Waals surface area contributed by atoms with E-state index in [1.165, 1.54) is 30.3 Å². The van der Waals surface area contributed by atoms with E-state index >= 15 is 0 Å². The van der Waals surface area contributed by atoms with Crippen LogP contribution in [0.5, 0.6) is 11.5 Å². The normalized spacial score (nSPS) is 11.9. The molecule has 0 spiro atoms. The van der Waals surface area contributed by atoms with Gasteiger partial charge in [-0.3, -0.25) is 0 Å². The number of aryl methyl sites for hydroxylation is 2. The molecule has 0 aromatic heterocycles. The summed E-state index contributed by atoms with van der Waals surface area (Å²) in [6.45, 7) is 0. The third-order valence-corrected chi connectivity index (χ3v) is 5.49. The van der Waals surface area contributed by atoms with Gasteiger partial charge in [-0.05, 0) is 59.9 Å². The minimum absolute atomic E-state index is 0.389. The van der Waals surface area contributed by atoms with Gasteiger partial charge in [0.25, 0.3) is 0 Å². The summed E-state index contributed by atoms with van der Waals surface area (Å²) in [6.07, 6.45) is -0.0219. The maximum atomic E-state index is 14.7. The van der Waals surface area contributed by atoms with Crippen LogP contribution in [0.1, 0.15) is 28.4 Å². The number of benzene rings is 3. The number of hydrogen-bond donors (Lipinski definition) is 1. The molecule has 3 aromatic rings. The van der Waals surface area contributed by atoms with Crippen LogP contribution < -0.4 is 9.47 Å². The van der Waals surface area contributed by atoms with Crippen LogP contribution in [-0.4, -0.2) is 19.3 Å². The summed E-state index contributed by atoms with van der Waals surface area (Å²) in [7, 11) is 3.17. The number of hydrogen-bond acceptors (Lipinski definition) is 3. The van der Waals surface area contributed by atoms with E-state index in [9.17, 15) is 13.9 Å². The highest BCUT2D eigenvalue weighted by Crippen LogP contribution is 2.32. The van der Waals surface area contributed by atoms with Gasteiger partial charge in [0.15, 0.2) is 0 Å². The van der Waals surface area contributed by atoms with E-state index in [4.69, 9.17) is 9.47 Å². The largest absolute Gasteiger partial charge is 0.497 e. The summed E-state index contributed by atoms with van der Waals surface area (Å²) in [5.74, 6) is 0.582. The molecule has 1 atom stereocenters. The van der Waals surface area contributed by atoms with Gasteiger partial charge in [-0.25, -0.2) is 8.78 Å². The van der Waals surface area contributed by atoms with Gasteiger partial charge in [0, 0.05) is 16.1 Å². The van der Waals surface area contributed by atoms with Gasteiger partial charge < -0.3 is 14.6 Å². The first kappa shape index (κ1) is 21.3. The Morgan fingerprint density at radius 3 is 2.24 bits per heavy atom. The molecule has 0 radical (unpaired) electrons. The predicted octanol–water partition coefficient (Wildman–Crippen LogP) is 5.61. The molecular weight excluding hydrogens is 442 g/mol. The van der Waals surface area contributed by atoms with E-state index in [0.29, 0.717) is 45.5 Å². The van der Waals surface area contributed by atoms with E-state index < -0.39 is 17.7 Å². The Kier molecular flexibility index (Phi) is 6.87. The third-order valence-electron chi connectivity index (χ3n) is 4.80. The van der Waals surface area contributed by atoms with Crippen molar-refractivity contribution in [3.05, 3.63) is 93.0 Å². The van der Waals surface area contributed by atoms with Gasteiger partial charge in [0.1, 0.15) is 29.2 Å². The van der Waals surface area contributed by atoms with Crippen LogP contribution in [0.2, 0.25) is 0 Å². The monoisotopic (exact) mass is 462 g/mol. The molecule has 3 aromatic carbocycles. The van der Waals surface area contributed by atoms with Crippen LogP contribution in [-0.2, 0) is 12.8 Å². The number of ether oxygens (including phenoxy) is 2. The van der Waals surface area contributed by atoms with Crippen molar-refractivity contribution >= 4 is 15.9 Å². The zero-order valence-corrected chi connectivity index (χ0v) is 17.7. The fraction of sp³-hybridized carbons (Fsp3) is 0.217. The van der Waals surface area contributed by atoms with Crippen molar-refractivity contribution in [2.75, 3.05) is 14.2 Å². The first-order valence-corrected chi connectivity index (χ1v) is 9.84. The summed E-state index contributed by atoms with van der Waals surface area (Å²) in [5.41, 5.74) is 2.34. The van der Waals surface area contributed by atoms with Crippen molar-refractivity contribution in [1.82, 2.24) is 0 Å². The molecule has 0 bridgehead atoms. The highest BCUT2D eigenvalue weighted by Gasteiger charge is 2.17. The fourth-order valence-corrected chi connectivity index (χ4v) is 3.76. The average molecular weight is 463 g/mol. The minimum atomic E-state index is -1.06. The van der Waals surface area contributed by atoms with Crippen molar-refractivity contribution in [3.63, 3.8) is 0 Å². The molecule has 0 heterocycles. The van der Waals surface area contributed by atoms with Crippen LogP contribution in [0.15, 0.2) is 59.1 Å². The molecule has 0 aliphatic carbocycles. The molecule has 0 amide bonds. The lowest BCUT2D eigenvalue weighted by atomic mass is 9.97. The Morgan fingerprint density at radius 1 is 0.897 bits per heavy atom. The first-order chi connectivity index (χ1) is 13.9. The zero-order valence-electron chi connectivity index (χ0n) is 16.1. The van der Waals surface area contributed by atoms with Gasteiger partial charge in [0.05, 0.1) is 14.2 Å².